The highest BCUT2D eigenvalue weighted by Gasteiger charge is 2.59. The van der Waals surface area contributed by atoms with Gasteiger partial charge >= 0.3 is 5.97 Å². The van der Waals surface area contributed by atoms with Crippen molar-refractivity contribution in [1.29, 1.82) is 10.5 Å². The average Bonchev–Trinajstić information content (AvgIpc) is 2.95. The monoisotopic (exact) mass is 308 g/mol. The summed E-state index contributed by atoms with van der Waals surface area (Å²) in [6.45, 7) is 3.72. The normalized spacial score (nSPS) is 29.1. The van der Waals surface area contributed by atoms with Gasteiger partial charge in [0.2, 0.25) is 0 Å². The lowest BCUT2D eigenvalue weighted by atomic mass is 9.72. The molecule has 0 amide bonds. The first-order chi connectivity index (χ1) is 11.1. The van der Waals surface area contributed by atoms with E-state index in [-0.39, 0.29) is 12.3 Å². The van der Waals surface area contributed by atoms with Crippen molar-refractivity contribution in [2.45, 2.75) is 12.3 Å². The molecule has 0 aromatic heterocycles. The quantitative estimate of drug-likeness (QED) is 0.483. The summed E-state index contributed by atoms with van der Waals surface area (Å²) in [6.07, 6.45) is 2.57. The van der Waals surface area contributed by atoms with Gasteiger partial charge in [-0.05, 0) is 30.0 Å². The van der Waals surface area contributed by atoms with Crippen molar-refractivity contribution in [3.8, 4) is 12.1 Å². The van der Waals surface area contributed by atoms with E-state index in [1.165, 1.54) is 7.11 Å². The van der Waals surface area contributed by atoms with Crippen LogP contribution in [0.15, 0.2) is 36.9 Å². The van der Waals surface area contributed by atoms with Crippen LogP contribution in [-0.2, 0) is 14.3 Å². The summed E-state index contributed by atoms with van der Waals surface area (Å²) < 4.78 is 4.85. The number of allylic oxidation sites excluding steroid dienone is 1. The molecule has 116 valence electrons. The first kappa shape index (κ1) is 16.5. The first-order valence-electron chi connectivity index (χ1n) is 7.15. The second-order valence-corrected chi connectivity index (χ2v) is 5.60. The molecule has 5 heteroatoms. The van der Waals surface area contributed by atoms with Crippen LogP contribution >= 0.6 is 0 Å². The summed E-state index contributed by atoms with van der Waals surface area (Å²) in [5, 5.41) is 18.6. The highest BCUT2D eigenvalue weighted by molar-refractivity contribution is 5.84. The van der Waals surface area contributed by atoms with Gasteiger partial charge in [0, 0.05) is 11.8 Å². The number of rotatable bonds is 4. The fourth-order valence-electron chi connectivity index (χ4n) is 3.46. The number of nitrogens with zero attached hydrogens (tertiary/aromatic N) is 2. The van der Waals surface area contributed by atoms with E-state index in [4.69, 9.17) is 10.00 Å². The Hall–Kier alpha value is -2.92. The number of carbonyl (C=O) groups is 2. The van der Waals surface area contributed by atoms with Crippen LogP contribution in [0.3, 0.4) is 0 Å². The third kappa shape index (κ3) is 2.51. The van der Waals surface area contributed by atoms with Gasteiger partial charge in [0.05, 0.1) is 24.8 Å². The highest BCUT2D eigenvalue weighted by atomic mass is 16.5. The highest BCUT2D eigenvalue weighted by Crippen LogP contribution is 2.55. The van der Waals surface area contributed by atoms with Crippen molar-refractivity contribution >= 4 is 12.3 Å². The van der Waals surface area contributed by atoms with E-state index in [1.54, 1.807) is 30.3 Å². The number of methoxy groups -OCH3 is 1. The molecule has 23 heavy (non-hydrogen) atoms. The molecule has 0 radical (unpaired) electrons. The second-order valence-electron chi connectivity index (χ2n) is 5.60. The molecular formula is C18H16N2O3. The number of nitriles is 2. The smallest absolute Gasteiger partial charge is 0.326 e. The molecule has 0 unspecified atom stereocenters. The minimum Gasteiger partial charge on any atom is -0.468 e. The van der Waals surface area contributed by atoms with E-state index in [1.807, 2.05) is 6.07 Å². The summed E-state index contributed by atoms with van der Waals surface area (Å²) in [5.41, 5.74) is -0.305. The molecule has 1 aromatic carbocycles. The molecule has 1 aliphatic rings. The van der Waals surface area contributed by atoms with Crippen molar-refractivity contribution in [2.75, 3.05) is 7.11 Å². The van der Waals surface area contributed by atoms with Crippen LogP contribution in [0.4, 0.5) is 0 Å². The fourth-order valence-corrected chi connectivity index (χ4v) is 3.46. The number of carbonyl (C=O) groups excluding carboxylic acids is 2. The molecular weight excluding hydrogens is 292 g/mol. The number of hydrogen-bond acceptors (Lipinski definition) is 5. The minimum absolute atomic E-state index is 0.188. The van der Waals surface area contributed by atoms with Gasteiger partial charge in [-0.2, -0.15) is 10.5 Å². The predicted octanol–water partition coefficient (Wildman–Crippen LogP) is 2.35. The zero-order valence-corrected chi connectivity index (χ0v) is 12.7. The summed E-state index contributed by atoms with van der Waals surface area (Å²) in [4.78, 5) is 24.0. The van der Waals surface area contributed by atoms with Crippen LogP contribution in [0.1, 0.15) is 23.5 Å². The molecule has 0 saturated heterocycles. The molecule has 1 saturated carbocycles. The Labute approximate surface area is 134 Å². The van der Waals surface area contributed by atoms with Crippen molar-refractivity contribution in [3.63, 3.8) is 0 Å². The fraction of sp³-hybridized carbons (Fsp3) is 0.333. The Kier molecular flexibility index (Phi) is 4.62. The zero-order valence-electron chi connectivity index (χ0n) is 12.7. The lowest BCUT2D eigenvalue weighted by Crippen LogP contribution is -2.35. The molecule has 2 rings (SSSR count). The Morgan fingerprint density at radius 1 is 1.39 bits per heavy atom. The average molecular weight is 308 g/mol. The Balaban J connectivity index is 2.62. The molecule has 0 aliphatic heterocycles. The summed E-state index contributed by atoms with van der Waals surface area (Å²) >= 11 is 0. The van der Waals surface area contributed by atoms with E-state index < -0.39 is 23.2 Å². The van der Waals surface area contributed by atoms with Crippen molar-refractivity contribution in [3.05, 3.63) is 48.0 Å². The number of aldehydes is 1. The largest absolute Gasteiger partial charge is 0.468 e. The first-order valence-corrected chi connectivity index (χ1v) is 7.15. The van der Waals surface area contributed by atoms with Crippen molar-refractivity contribution < 1.29 is 14.3 Å². The SMILES string of the molecule is C=C[C@H]1C[C@@](C#N)(C(=O)OC)[C@H](c2ccc(C#N)cc2)[C@H]1C=O. The third-order valence-electron chi connectivity index (χ3n) is 4.58. The van der Waals surface area contributed by atoms with Gasteiger partial charge in [-0.25, -0.2) is 0 Å². The van der Waals surface area contributed by atoms with Crippen molar-refractivity contribution in [1.82, 2.24) is 0 Å². The summed E-state index contributed by atoms with van der Waals surface area (Å²) in [6, 6.07) is 10.7. The topological polar surface area (TPSA) is 90.9 Å². The molecule has 1 aromatic rings. The molecule has 4 atom stereocenters. The Bertz CT molecular complexity index is 711. The van der Waals surface area contributed by atoms with E-state index >= 15 is 0 Å². The van der Waals surface area contributed by atoms with Crippen LogP contribution in [-0.4, -0.2) is 19.4 Å². The molecule has 0 heterocycles. The molecule has 1 fully saturated rings. The second kappa shape index (κ2) is 6.46. The zero-order chi connectivity index (χ0) is 17.0. The summed E-state index contributed by atoms with van der Waals surface area (Å²) in [5.74, 6) is -2.11. The van der Waals surface area contributed by atoms with Gasteiger partial charge in [-0.3, -0.25) is 4.79 Å². The van der Waals surface area contributed by atoms with Crippen LogP contribution in [0.5, 0.6) is 0 Å². The number of ether oxygens (including phenoxy) is 1. The Morgan fingerprint density at radius 3 is 2.48 bits per heavy atom. The lowest BCUT2D eigenvalue weighted by Gasteiger charge is -2.28. The maximum Gasteiger partial charge on any atom is 0.326 e. The molecule has 0 N–H and O–H groups in total. The Morgan fingerprint density at radius 2 is 2.04 bits per heavy atom. The molecule has 5 nitrogen and oxygen atoms in total. The van der Waals surface area contributed by atoms with E-state index in [9.17, 15) is 14.9 Å². The predicted molar refractivity (Wildman–Crippen MR) is 81.8 cm³/mol. The number of benzene rings is 1. The standard InChI is InChI=1S/C18H16N2O3/c1-3-13-8-18(11-20,17(22)23-2)16(15(13)10-21)14-6-4-12(9-19)5-7-14/h3-7,10,13,15-16H,1,8H2,2H3/t13-,15-,16+,18-/m0/s1. The summed E-state index contributed by atoms with van der Waals surface area (Å²) in [7, 11) is 1.23. The van der Waals surface area contributed by atoms with Gasteiger partial charge in [0.25, 0.3) is 0 Å². The maximum absolute atomic E-state index is 12.3. The number of hydrogen-bond donors (Lipinski definition) is 0. The van der Waals surface area contributed by atoms with Gasteiger partial charge < -0.3 is 9.53 Å². The van der Waals surface area contributed by atoms with E-state index in [0.717, 1.165) is 6.29 Å². The van der Waals surface area contributed by atoms with E-state index in [2.05, 4.69) is 12.6 Å². The van der Waals surface area contributed by atoms with Crippen LogP contribution in [0, 0.1) is 39.9 Å². The minimum atomic E-state index is -1.44. The molecule has 1 aliphatic carbocycles. The third-order valence-corrected chi connectivity index (χ3v) is 4.58. The van der Waals surface area contributed by atoms with Gasteiger partial charge in [0.15, 0.2) is 5.41 Å². The van der Waals surface area contributed by atoms with Crippen LogP contribution < -0.4 is 0 Å². The van der Waals surface area contributed by atoms with Gasteiger partial charge in [-0.15, -0.1) is 6.58 Å². The number of esters is 1. The van der Waals surface area contributed by atoms with Crippen LogP contribution in [0.2, 0.25) is 0 Å². The van der Waals surface area contributed by atoms with Gasteiger partial charge in [0.1, 0.15) is 6.29 Å². The van der Waals surface area contributed by atoms with E-state index in [0.29, 0.717) is 11.1 Å². The lowest BCUT2D eigenvalue weighted by molar-refractivity contribution is -0.150. The van der Waals surface area contributed by atoms with Crippen molar-refractivity contribution in [2.24, 2.45) is 17.3 Å². The molecule has 0 spiro atoms. The van der Waals surface area contributed by atoms with Crippen LogP contribution in [0.25, 0.3) is 0 Å². The van der Waals surface area contributed by atoms with Gasteiger partial charge in [-0.1, -0.05) is 18.2 Å². The molecule has 0 bridgehead atoms. The maximum atomic E-state index is 12.3.